The SMILES string of the molecule is [2H]C([2H])([2H])Oc1cnc(F)c(C(O)CNC(=O)c2cncc(-c3ccc(OC([2H])([2H])C([2H])([2H])[2H])cc3)n2)c1. The minimum absolute atomic E-state index is 0.0409. The summed E-state index contributed by atoms with van der Waals surface area (Å²) < 4.78 is 81.6. The second kappa shape index (κ2) is 9.75. The van der Waals surface area contributed by atoms with Crippen LogP contribution in [0.3, 0.4) is 0 Å². The van der Waals surface area contributed by atoms with Crippen molar-refractivity contribution in [2.45, 2.75) is 13.0 Å². The number of aliphatic hydroxyl groups is 1. The molecule has 8 nitrogen and oxygen atoms in total. The molecule has 156 valence electrons. The zero-order chi connectivity index (χ0) is 28.3. The Balaban J connectivity index is 1.67. The van der Waals surface area contributed by atoms with E-state index in [-0.39, 0.29) is 22.9 Å². The number of nitrogens with one attached hydrogen (secondary N) is 1. The smallest absolute Gasteiger partial charge is 0.271 e. The van der Waals surface area contributed by atoms with Gasteiger partial charge in [-0.3, -0.25) is 9.78 Å². The molecular weight excluding hydrogens is 391 g/mol. The summed E-state index contributed by atoms with van der Waals surface area (Å²) in [6.07, 6.45) is 1.76. The van der Waals surface area contributed by atoms with Gasteiger partial charge in [-0.25, -0.2) is 9.97 Å². The molecule has 0 aliphatic rings. The molecule has 2 N–H and O–H groups in total. The maximum absolute atomic E-state index is 14.1. The number of pyridine rings is 1. The average molecular weight is 420 g/mol. The van der Waals surface area contributed by atoms with Gasteiger partial charge in [-0.05, 0) is 37.2 Å². The molecule has 1 aromatic carbocycles. The van der Waals surface area contributed by atoms with Crippen molar-refractivity contribution < 1.29 is 34.7 Å². The van der Waals surface area contributed by atoms with Crippen LogP contribution in [-0.4, -0.2) is 46.1 Å². The predicted octanol–water partition coefficient (Wildman–Crippen LogP) is 2.55. The Labute approximate surface area is 184 Å². The monoisotopic (exact) mass is 420 g/mol. The van der Waals surface area contributed by atoms with Gasteiger partial charge < -0.3 is 19.9 Å². The molecule has 2 aromatic heterocycles. The quantitative estimate of drug-likeness (QED) is 0.540. The second-order valence-electron chi connectivity index (χ2n) is 5.90. The Morgan fingerprint density at radius 3 is 2.90 bits per heavy atom. The van der Waals surface area contributed by atoms with E-state index >= 15 is 0 Å². The van der Waals surface area contributed by atoms with Gasteiger partial charge in [0.1, 0.15) is 23.3 Å². The molecule has 9 heteroatoms. The summed E-state index contributed by atoms with van der Waals surface area (Å²) >= 11 is 0. The summed E-state index contributed by atoms with van der Waals surface area (Å²) in [6.45, 7) is -6.37. The standard InChI is InChI=1S/C21H21FN4O4/c1-3-30-14-6-4-13(5-7-14)17-10-23-11-18(26-17)21(28)25-12-19(27)16-8-15(29-2)9-24-20(16)22/h4-11,19,27H,3,12H2,1-2H3,(H,25,28)/i1D3,2D3,3D2. The Morgan fingerprint density at radius 2 is 2.13 bits per heavy atom. The molecule has 0 saturated carbocycles. The second-order valence-corrected chi connectivity index (χ2v) is 5.90. The van der Waals surface area contributed by atoms with Crippen LogP contribution in [0.15, 0.2) is 48.9 Å². The average Bonchev–Trinajstić information content (AvgIpc) is 2.82. The lowest BCUT2D eigenvalue weighted by atomic mass is 10.1. The van der Waals surface area contributed by atoms with E-state index in [1.807, 2.05) is 0 Å². The number of halogens is 1. The van der Waals surface area contributed by atoms with Crippen molar-refractivity contribution in [1.29, 1.82) is 0 Å². The van der Waals surface area contributed by atoms with Gasteiger partial charge in [-0.1, -0.05) is 0 Å². The number of benzene rings is 1. The van der Waals surface area contributed by atoms with Gasteiger partial charge in [-0.15, -0.1) is 0 Å². The summed E-state index contributed by atoms with van der Waals surface area (Å²) in [5.74, 6) is -2.17. The molecule has 0 fully saturated rings. The molecule has 3 aromatic rings. The highest BCUT2D eigenvalue weighted by atomic mass is 19.1. The van der Waals surface area contributed by atoms with Crippen LogP contribution in [0.4, 0.5) is 4.39 Å². The van der Waals surface area contributed by atoms with Crippen molar-refractivity contribution in [2.75, 3.05) is 20.1 Å². The van der Waals surface area contributed by atoms with Crippen LogP contribution in [0.1, 0.15) is 40.0 Å². The lowest BCUT2D eigenvalue weighted by Gasteiger charge is -2.13. The predicted molar refractivity (Wildman–Crippen MR) is 107 cm³/mol. The Hall–Kier alpha value is -3.59. The maximum Gasteiger partial charge on any atom is 0.271 e. The fraction of sp³-hybridized carbons (Fsp3) is 0.238. The number of rotatable bonds is 8. The summed E-state index contributed by atoms with van der Waals surface area (Å²) in [5, 5.41) is 12.7. The topological polar surface area (TPSA) is 106 Å². The van der Waals surface area contributed by atoms with Crippen molar-refractivity contribution in [3.8, 4) is 22.8 Å². The largest absolute Gasteiger partial charge is 0.495 e. The molecule has 1 atom stereocenters. The minimum Gasteiger partial charge on any atom is -0.495 e. The molecule has 0 aliphatic carbocycles. The van der Waals surface area contributed by atoms with E-state index in [9.17, 15) is 14.3 Å². The van der Waals surface area contributed by atoms with Crippen LogP contribution in [0.5, 0.6) is 11.5 Å². The van der Waals surface area contributed by atoms with Crippen molar-refractivity contribution in [2.24, 2.45) is 0 Å². The number of carbonyl (C=O) groups excluding carboxylic acids is 1. The number of carbonyl (C=O) groups is 1. The minimum atomic E-state index is -3.00. The van der Waals surface area contributed by atoms with Gasteiger partial charge >= 0.3 is 0 Å². The first-order chi connectivity index (χ1) is 17.6. The number of amides is 1. The summed E-state index contributed by atoms with van der Waals surface area (Å²) in [7, 11) is -2.81. The van der Waals surface area contributed by atoms with Crippen LogP contribution in [0.25, 0.3) is 11.3 Å². The summed E-state index contributed by atoms with van der Waals surface area (Å²) in [6, 6.07) is 6.55. The number of hydrogen-bond acceptors (Lipinski definition) is 7. The number of methoxy groups -OCH3 is 1. The van der Waals surface area contributed by atoms with Gasteiger partial charge in [0.15, 0.2) is 0 Å². The number of ether oxygens (including phenoxy) is 2. The lowest BCUT2D eigenvalue weighted by Crippen LogP contribution is -2.29. The molecule has 1 unspecified atom stereocenters. The molecule has 0 bridgehead atoms. The number of hydrogen-bond donors (Lipinski definition) is 2. The third-order valence-electron chi connectivity index (χ3n) is 3.96. The molecule has 0 saturated heterocycles. The first-order valence-electron chi connectivity index (χ1n) is 12.5. The first kappa shape index (κ1) is 12.9. The number of aromatic nitrogens is 3. The highest BCUT2D eigenvalue weighted by Gasteiger charge is 2.17. The zero-order valence-electron chi connectivity index (χ0n) is 23.3. The lowest BCUT2D eigenvalue weighted by molar-refractivity contribution is 0.0908. The van der Waals surface area contributed by atoms with E-state index in [0.29, 0.717) is 5.56 Å². The number of nitrogens with zero attached hydrogens (tertiary/aromatic N) is 3. The van der Waals surface area contributed by atoms with E-state index in [1.165, 1.54) is 30.5 Å². The fourth-order valence-electron chi connectivity index (χ4n) is 2.49. The van der Waals surface area contributed by atoms with E-state index < -0.39 is 50.5 Å². The third-order valence-corrected chi connectivity index (χ3v) is 3.96. The van der Waals surface area contributed by atoms with Crippen molar-refractivity contribution >= 4 is 5.91 Å². The van der Waals surface area contributed by atoms with Crippen LogP contribution in [-0.2, 0) is 0 Å². The van der Waals surface area contributed by atoms with Crippen molar-refractivity contribution in [1.82, 2.24) is 20.3 Å². The number of aliphatic hydroxyl groups excluding tert-OH is 1. The van der Waals surface area contributed by atoms with Crippen molar-refractivity contribution in [3.63, 3.8) is 0 Å². The molecule has 0 aliphatic heterocycles. The molecule has 3 rings (SSSR count). The fourth-order valence-corrected chi connectivity index (χ4v) is 2.49. The molecule has 30 heavy (non-hydrogen) atoms. The van der Waals surface area contributed by atoms with Gasteiger partial charge in [0.05, 0.1) is 44.7 Å². The molecule has 0 radical (unpaired) electrons. The van der Waals surface area contributed by atoms with Gasteiger partial charge in [0.25, 0.3) is 5.91 Å². The first-order valence-corrected chi connectivity index (χ1v) is 8.48. The Kier molecular flexibility index (Phi) is 4.18. The van der Waals surface area contributed by atoms with E-state index in [2.05, 4.69) is 25.0 Å². The van der Waals surface area contributed by atoms with Crippen molar-refractivity contribution in [3.05, 3.63) is 66.1 Å². The highest BCUT2D eigenvalue weighted by Crippen LogP contribution is 2.21. The van der Waals surface area contributed by atoms with E-state index in [4.69, 9.17) is 15.7 Å². The highest BCUT2D eigenvalue weighted by molar-refractivity contribution is 5.92. The Morgan fingerprint density at radius 1 is 1.30 bits per heavy atom. The third kappa shape index (κ3) is 5.06. The molecule has 1 amide bonds. The normalized spacial score (nSPS) is 16.9. The zero-order valence-corrected chi connectivity index (χ0v) is 15.3. The molecular formula is C21H21FN4O4. The Bertz CT molecular complexity index is 1290. The van der Waals surface area contributed by atoms with Crippen LogP contribution in [0, 0.1) is 5.95 Å². The molecule has 0 spiro atoms. The van der Waals surface area contributed by atoms with Gasteiger partial charge in [0.2, 0.25) is 5.95 Å². The van der Waals surface area contributed by atoms with Crippen LogP contribution in [0.2, 0.25) is 0 Å². The van der Waals surface area contributed by atoms with E-state index in [0.717, 1.165) is 18.5 Å². The van der Waals surface area contributed by atoms with Crippen LogP contribution < -0.4 is 14.8 Å². The van der Waals surface area contributed by atoms with Gasteiger partial charge in [-0.2, -0.15) is 4.39 Å². The maximum atomic E-state index is 14.1. The van der Waals surface area contributed by atoms with Gasteiger partial charge in [0, 0.05) is 21.8 Å². The summed E-state index contributed by atoms with van der Waals surface area (Å²) in [4.78, 5) is 24.0. The van der Waals surface area contributed by atoms with E-state index in [1.54, 1.807) is 0 Å². The molecule has 2 heterocycles. The van der Waals surface area contributed by atoms with Crippen LogP contribution >= 0.6 is 0 Å². The summed E-state index contributed by atoms with van der Waals surface area (Å²) in [5.41, 5.74) is 0.158.